The second-order valence-electron chi connectivity index (χ2n) is 5.85. The topological polar surface area (TPSA) is 12.0 Å². The summed E-state index contributed by atoms with van der Waals surface area (Å²) in [6.45, 7) is 3.69. The fraction of sp³-hybridized carbons (Fsp3) is 1.00. The summed E-state index contributed by atoms with van der Waals surface area (Å²) in [5.41, 5.74) is 0. The van der Waals surface area contributed by atoms with Gasteiger partial charge in [0.05, 0.1) is 0 Å². The largest absolute Gasteiger partial charge is 0.314 e. The lowest BCUT2D eigenvalue weighted by molar-refractivity contribution is 0.438. The average Bonchev–Trinajstić information content (AvgIpc) is 3.02. The Labute approximate surface area is 95.0 Å². The van der Waals surface area contributed by atoms with E-state index >= 15 is 0 Å². The molecule has 0 aromatic rings. The van der Waals surface area contributed by atoms with Crippen molar-refractivity contribution in [3.05, 3.63) is 0 Å². The highest BCUT2D eigenvalue weighted by molar-refractivity contribution is 4.75. The van der Waals surface area contributed by atoms with Gasteiger partial charge in [-0.05, 0) is 50.5 Å². The minimum atomic E-state index is 0.842. The highest BCUT2D eigenvalue weighted by atomic mass is 14.9. The Balaban J connectivity index is 1.52. The van der Waals surface area contributed by atoms with Gasteiger partial charge < -0.3 is 5.32 Å². The molecule has 0 aliphatic heterocycles. The van der Waals surface area contributed by atoms with Crippen molar-refractivity contribution in [3.8, 4) is 0 Å². The molecule has 1 nitrogen and oxygen atoms in total. The Morgan fingerprint density at radius 3 is 2.67 bits per heavy atom. The van der Waals surface area contributed by atoms with Gasteiger partial charge in [-0.1, -0.05) is 32.6 Å². The molecule has 0 heterocycles. The fourth-order valence-corrected chi connectivity index (χ4v) is 2.79. The van der Waals surface area contributed by atoms with Gasteiger partial charge in [0.15, 0.2) is 0 Å². The van der Waals surface area contributed by atoms with Crippen molar-refractivity contribution in [2.24, 2.45) is 11.8 Å². The maximum Gasteiger partial charge on any atom is 0.00671 e. The molecule has 2 aliphatic carbocycles. The first kappa shape index (κ1) is 11.4. The summed E-state index contributed by atoms with van der Waals surface area (Å²) in [6, 6.07) is 0.842. The van der Waals surface area contributed by atoms with Gasteiger partial charge in [0, 0.05) is 6.04 Å². The molecule has 0 aromatic heterocycles. The lowest BCUT2D eigenvalue weighted by Crippen LogP contribution is -2.29. The van der Waals surface area contributed by atoms with Crippen LogP contribution in [-0.2, 0) is 0 Å². The van der Waals surface area contributed by atoms with Crippen LogP contribution >= 0.6 is 0 Å². The van der Waals surface area contributed by atoms with Crippen LogP contribution in [0.3, 0.4) is 0 Å². The first-order valence-electron chi connectivity index (χ1n) is 7.08. The number of hydrogen-bond donors (Lipinski definition) is 1. The van der Waals surface area contributed by atoms with Crippen LogP contribution in [0.4, 0.5) is 0 Å². The molecule has 0 saturated heterocycles. The molecule has 1 heteroatoms. The Bertz CT molecular complexity index is 174. The zero-order valence-electron chi connectivity index (χ0n) is 10.3. The van der Waals surface area contributed by atoms with Crippen molar-refractivity contribution in [1.82, 2.24) is 5.32 Å². The van der Waals surface area contributed by atoms with Crippen LogP contribution in [0.25, 0.3) is 0 Å². The molecule has 0 amide bonds. The molecule has 2 fully saturated rings. The van der Waals surface area contributed by atoms with E-state index in [0.29, 0.717) is 0 Å². The summed E-state index contributed by atoms with van der Waals surface area (Å²) in [7, 11) is 0. The lowest BCUT2D eigenvalue weighted by atomic mass is 10.0. The molecule has 2 aliphatic rings. The van der Waals surface area contributed by atoms with E-state index in [1.165, 1.54) is 64.3 Å². The van der Waals surface area contributed by atoms with Gasteiger partial charge in [0.25, 0.3) is 0 Å². The van der Waals surface area contributed by atoms with Crippen molar-refractivity contribution >= 4 is 0 Å². The normalized spacial score (nSPS) is 32.6. The highest BCUT2D eigenvalue weighted by Crippen LogP contribution is 2.33. The predicted molar refractivity (Wildman–Crippen MR) is 66.0 cm³/mol. The standard InChI is InChI=1S/C14H27N/c1-12-4-2-6-14(10-7-12)15-11-3-5-13-8-9-13/h12-15H,2-11H2,1H3. The fourth-order valence-electron chi connectivity index (χ4n) is 2.79. The van der Waals surface area contributed by atoms with Gasteiger partial charge in [0.1, 0.15) is 0 Å². The first-order chi connectivity index (χ1) is 7.34. The summed E-state index contributed by atoms with van der Waals surface area (Å²) in [6.07, 6.45) is 13.1. The molecule has 2 saturated carbocycles. The Morgan fingerprint density at radius 1 is 1.00 bits per heavy atom. The van der Waals surface area contributed by atoms with Crippen molar-refractivity contribution in [2.75, 3.05) is 6.54 Å². The molecule has 2 unspecified atom stereocenters. The van der Waals surface area contributed by atoms with Gasteiger partial charge in [0.2, 0.25) is 0 Å². The SMILES string of the molecule is CC1CCCC(NCCCC2CC2)CC1. The zero-order valence-corrected chi connectivity index (χ0v) is 10.3. The van der Waals surface area contributed by atoms with Crippen LogP contribution < -0.4 is 5.32 Å². The molecule has 2 rings (SSSR count). The van der Waals surface area contributed by atoms with E-state index in [4.69, 9.17) is 0 Å². The third-order valence-electron chi connectivity index (χ3n) is 4.18. The van der Waals surface area contributed by atoms with E-state index in [0.717, 1.165) is 17.9 Å². The first-order valence-corrected chi connectivity index (χ1v) is 7.08. The number of nitrogens with one attached hydrogen (secondary N) is 1. The van der Waals surface area contributed by atoms with Crippen LogP contribution in [0.1, 0.15) is 64.7 Å². The molecule has 2 atom stereocenters. The monoisotopic (exact) mass is 209 g/mol. The van der Waals surface area contributed by atoms with Gasteiger partial charge in [-0.3, -0.25) is 0 Å². The summed E-state index contributed by atoms with van der Waals surface area (Å²) in [5, 5.41) is 3.77. The van der Waals surface area contributed by atoms with Gasteiger partial charge >= 0.3 is 0 Å². The van der Waals surface area contributed by atoms with Crippen LogP contribution in [0.15, 0.2) is 0 Å². The van der Waals surface area contributed by atoms with Gasteiger partial charge in [-0.25, -0.2) is 0 Å². The Morgan fingerprint density at radius 2 is 1.87 bits per heavy atom. The van der Waals surface area contributed by atoms with Gasteiger partial charge in [-0.2, -0.15) is 0 Å². The number of rotatable bonds is 5. The maximum atomic E-state index is 3.77. The van der Waals surface area contributed by atoms with Crippen molar-refractivity contribution in [3.63, 3.8) is 0 Å². The molecule has 1 N–H and O–H groups in total. The molecule has 88 valence electrons. The molecular weight excluding hydrogens is 182 g/mol. The minimum absolute atomic E-state index is 0.842. The van der Waals surface area contributed by atoms with Crippen molar-refractivity contribution in [2.45, 2.75) is 70.8 Å². The van der Waals surface area contributed by atoms with Gasteiger partial charge in [-0.15, -0.1) is 0 Å². The molecule has 0 bridgehead atoms. The predicted octanol–water partition coefficient (Wildman–Crippen LogP) is 3.74. The van der Waals surface area contributed by atoms with E-state index in [1.54, 1.807) is 0 Å². The maximum absolute atomic E-state index is 3.77. The molecule has 0 radical (unpaired) electrons. The minimum Gasteiger partial charge on any atom is -0.314 e. The van der Waals surface area contributed by atoms with E-state index in [9.17, 15) is 0 Å². The average molecular weight is 209 g/mol. The zero-order chi connectivity index (χ0) is 10.5. The Hall–Kier alpha value is -0.0400. The third-order valence-corrected chi connectivity index (χ3v) is 4.18. The smallest absolute Gasteiger partial charge is 0.00671 e. The third kappa shape index (κ3) is 4.55. The van der Waals surface area contributed by atoms with Crippen LogP contribution in [-0.4, -0.2) is 12.6 Å². The van der Waals surface area contributed by atoms with Crippen molar-refractivity contribution in [1.29, 1.82) is 0 Å². The second kappa shape index (κ2) is 5.89. The lowest BCUT2D eigenvalue weighted by Gasteiger charge is -2.16. The summed E-state index contributed by atoms with van der Waals surface area (Å²) >= 11 is 0. The van der Waals surface area contributed by atoms with E-state index in [-0.39, 0.29) is 0 Å². The van der Waals surface area contributed by atoms with Crippen LogP contribution in [0.2, 0.25) is 0 Å². The molecule has 15 heavy (non-hydrogen) atoms. The summed E-state index contributed by atoms with van der Waals surface area (Å²) < 4.78 is 0. The molecule has 0 spiro atoms. The van der Waals surface area contributed by atoms with Crippen molar-refractivity contribution < 1.29 is 0 Å². The van der Waals surface area contributed by atoms with E-state index < -0.39 is 0 Å². The van der Waals surface area contributed by atoms with E-state index in [1.807, 2.05) is 0 Å². The quantitative estimate of drug-likeness (QED) is 0.537. The molecular formula is C14H27N. The highest BCUT2D eigenvalue weighted by Gasteiger charge is 2.20. The number of hydrogen-bond acceptors (Lipinski definition) is 1. The van der Waals surface area contributed by atoms with E-state index in [2.05, 4.69) is 12.2 Å². The molecule has 0 aromatic carbocycles. The summed E-state index contributed by atoms with van der Waals surface area (Å²) in [5.74, 6) is 2.09. The Kier molecular flexibility index (Phi) is 4.49. The summed E-state index contributed by atoms with van der Waals surface area (Å²) in [4.78, 5) is 0. The second-order valence-corrected chi connectivity index (χ2v) is 5.85. The van der Waals surface area contributed by atoms with Crippen LogP contribution in [0.5, 0.6) is 0 Å². The van der Waals surface area contributed by atoms with Crippen LogP contribution in [0, 0.1) is 11.8 Å².